The van der Waals surface area contributed by atoms with Crippen molar-refractivity contribution in [1.82, 2.24) is 15.3 Å². The molecule has 6 nitrogen and oxygen atoms in total. The monoisotopic (exact) mass is 254 g/mol. The molecule has 0 aliphatic carbocycles. The fourth-order valence-electron chi connectivity index (χ4n) is 1.49. The zero-order valence-electron chi connectivity index (χ0n) is 8.94. The Kier molecular flexibility index (Phi) is 3.53. The predicted octanol–water partition coefficient (Wildman–Crippen LogP) is 0.432. The standard InChI is InChI=1S/C10H11ClN4O2/c11-3-6-4-12-10(13-5-6)14-7-1-2-8(16)15-9(7)17/h4-5,7H,1-3H2,(H,12,13,14)(H,15,16,17). The first-order valence-electron chi connectivity index (χ1n) is 5.16. The van der Waals surface area contributed by atoms with Crippen LogP contribution in [0.15, 0.2) is 12.4 Å². The van der Waals surface area contributed by atoms with E-state index in [0.717, 1.165) is 5.56 Å². The smallest absolute Gasteiger partial charge is 0.249 e. The summed E-state index contributed by atoms with van der Waals surface area (Å²) in [5.74, 6) is 0.115. The second-order valence-electron chi connectivity index (χ2n) is 3.70. The third kappa shape index (κ3) is 2.91. The van der Waals surface area contributed by atoms with Gasteiger partial charge in [0.15, 0.2) is 0 Å². The lowest BCUT2D eigenvalue weighted by Crippen LogP contribution is -2.47. The van der Waals surface area contributed by atoms with E-state index in [-0.39, 0.29) is 11.8 Å². The fraction of sp³-hybridized carbons (Fsp3) is 0.400. The molecule has 0 saturated carbocycles. The number of carbonyl (C=O) groups is 2. The van der Waals surface area contributed by atoms with Gasteiger partial charge in [0.25, 0.3) is 0 Å². The molecule has 1 fully saturated rings. The number of amides is 2. The molecule has 2 heterocycles. The van der Waals surface area contributed by atoms with Crippen LogP contribution in [0, 0.1) is 0 Å². The average Bonchev–Trinajstić information content (AvgIpc) is 2.34. The van der Waals surface area contributed by atoms with E-state index in [1.165, 1.54) is 0 Å². The molecule has 90 valence electrons. The zero-order valence-corrected chi connectivity index (χ0v) is 9.70. The normalized spacial score (nSPS) is 19.9. The van der Waals surface area contributed by atoms with Crippen molar-refractivity contribution in [3.63, 3.8) is 0 Å². The van der Waals surface area contributed by atoms with E-state index >= 15 is 0 Å². The highest BCUT2D eigenvalue weighted by Crippen LogP contribution is 2.10. The van der Waals surface area contributed by atoms with Gasteiger partial charge in [0.1, 0.15) is 6.04 Å². The topological polar surface area (TPSA) is 84.0 Å². The lowest BCUT2D eigenvalue weighted by molar-refractivity contribution is -0.133. The Morgan fingerprint density at radius 3 is 2.71 bits per heavy atom. The first-order valence-corrected chi connectivity index (χ1v) is 5.69. The SMILES string of the molecule is O=C1CCC(Nc2ncc(CCl)cn2)C(=O)N1. The molecule has 0 aromatic carbocycles. The Bertz CT molecular complexity index is 434. The molecule has 2 rings (SSSR count). The molecule has 0 spiro atoms. The molecule has 0 bridgehead atoms. The van der Waals surface area contributed by atoms with Gasteiger partial charge >= 0.3 is 0 Å². The van der Waals surface area contributed by atoms with Gasteiger partial charge in [-0.15, -0.1) is 11.6 Å². The minimum absolute atomic E-state index is 0.244. The molecule has 1 aromatic heterocycles. The number of alkyl halides is 1. The van der Waals surface area contributed by atoms with E-state index in [1.54, 1.807) is 12.4 Å². The molecule has 7 heteroatoms. The summed E-state index contributed by atoms with van der Waals surface area (Å²) in [5.41, 5.74) is 0.806. The Labute approximate surface area is 103 Å². The third-order valence-electron chi connectivity index (χ3n) is 2.40. The van der Waals surface area contributed by atoms with Gasteiger partial charge in [0.05, 0.1) is 5.88 Å². The van der Waals surface area contributed by atoms with Gasteiger partial charge < -0.3 is 5.32 Å². The molecule has 1 atom stereocenters. The van der Waals surface area contributed by atoms with Crippen molar-refractivity contribution in [1.29, 1.82) is 0 Å². The van der Waals surface area contributed by atoms with Crippen molar-refractivity contribution in [3.8, 4) is 0 Å². The summed E-state index contributed by atoms with van der Waals surface area (Å²) in [6, 6.07) is -0.463. The van der Waals surface area contributed by atoms with Gasteiger partial charge in [-0.1, -0.05) is 0 Å². The number of carbonyl (C=O) groups excluding carboxylic acids is 2. The van der Waals surface area contributed by atoms with Gasteiger partial charge in [0.2, 0.25) is 17.8 Å². The molecule has 1 aromatic rings. The second kappa shape index (κ2) is 5.09. The van der Waals surface area contributed by atoms with Crippen molar-refractivity contribution in [2.75, 3.05) is 5.32 Å². The number of nitrogens with zero attached hydrogens (tertiary/aromatic N) is 2. The van der Waals surface area contributed by atoms with Crippen molar-refractivity contribution >= 4 is 29.4 Å². The number of hydrogen-bond acceptors (Lipinski definition) is 5. The molecular weight excluding hydrogens is 244 g/mol. The van der Waals surface area contributed by atoms with Crippen LogP contribution in [0.5, 0.6) is 0 Å². The number of rotatable bonds is 3. The molecular formula is C10H11ClN4O2. The first-order chi connectivity index (χ1) is 8.19. The Balaban J connectivity index is 2.00. The highest BCUT2D eigenvalue weighted by atomic mass is 35.5. The minimum atomic E-state index is -0.463. The molecule has 1 saturated heterocycles. The second-order valence-corrected chi connectivity index (χ2v) is 3.96. The minimum Gasteiger partial charge on any atom is -0.342 e. The first kappa shape index (κ1) is 11.8. The summed E-state index contributed by atoms with van der Waals surface area (Å²) < 4.78 is 0. The summed E-state index contributed by atoms with van der Waals surface area (Å²) >= 11 is 5.61. The van der Waals surface area contributed by atoms with Crippen LogP contribution in [0.4, 0.5) is 5.95 Å². The Morgan fingerprint density at radius 1 is 1.41 bits per heavy atom. The molecule has 0 radical (unpaired) electrons. The maximum absolute atomic E-state index is 11.5. The molecule has 1 aliphatic heterocycles. The van der Waals surface area contributed by atoms with E-state index in [1.807, 2.05) is 0 Å². The summed E-state index contributed by atoms with van der Waals surface area (Å²) in [6.07, 6.45) is 3.96. The van der Waals surface area contributed by atoms with Crippen LogP contribution in [0.1, 0.15) is 18.4 Å². The fourth-order valence-corrected chi connectivity index (χ4v) is 1.62. The number of hydrogen-bond donors (Lipinski definition) is 2. The molecule has 1 aliphatic rings. The van der Waals surface area contributed by atoms with Crippen molar-refractivity contribution < 1.29 is 9.59 Å². The van der Waals surface area contributed by atoms with Gasteiger partial charge in [-0.25, -0.2) is 9.97 Å². The number of imide groups is 1. The summed E-state index contributed by atoms with van der Waals surface area (Å²) in [5, 5.41) is 5.13. The van der Waals surface area contributed by atoms with Gasteiger partial charge in [-0.2, -0.15) is 0 Å². The summed E-state index contributed by atoms with van der Waals surface area (Å²) in [6.45, 7) is 0. The quantitative estimate of drug-likeness (QED) is 0.604. The van der Waals surface area contributed by atoms with E-state index in [2.05, 4.69) is 20.6 Å². The number of aromatic nitrogens is 2. The van der Waals surface area contributed by atoms with Crippen molar-refractivity contribution in [3.05, 3.63) is 18.0 Å². The Hall–Kier alpha value is -1.69. The number of halogens is 1. The number of piperidine rings is 1. The van der Waals surface area contributed by atoms with Crippen LogP contribution in [0.25, 0.3) is 0 Å². The van der Waals surface area contributed by atoms with Crippen LogP contribution in [0.3, 0.4) is 0 Å². The van der Waals surface area contributed by atoms with E-state index in [9.17, 15) is 9.59 Å². The third-order valence-corrected chi connectivity index (χ3v) is 2.71. The largest absolute Gasteiger partial charge is 0.342 e. The van der Waals surface area contributed by atoms with Crippen LogP contribution in [-0.4, -0.2) is 27.8 Å². The maximum atomic E-state index is 11.5. The lowest BCUT2D eigenvalue weighted by atomic mass is 10.1. The highest BCUT2D eigenvalue weighted by molar-refractivity contribution is 6.17. The van der Waals surface area contributed by atoms with Gasteiger partial charge in [0, 0.05) is 24.4 Å². The molecule has 2 amide bonds. The summed E-state index contributed by atoms with van der Waals surface area (Å²) in [7, 11) is 0. The molecule has 2 N–H and O–H groups in total. The molecule has 17 heavy (non-hydrogen) atoms. The number of nitrogens with one attached hydrogen (secondary N) is 2. The van der Waals surface area contributed by atoms with Crippen LogP contribution in [0.2, 0.25) is 0 Å². The maximum Gasteiger partial charge on any atom is 0.249 e. The predicted molar refractivity (Wildman–Crippen MR) is 61.4 cm³/mol. The highest BCUT2D eigenvalue weighted by Gasteiger charge is 2.26. The summed E-state index contributed by atoms with van der Waals surface area (Å²) in [4.78, 5) is 30.5. The van der Waals surface area contributed by atoms with Crippen LogP contribution >= 0.6 is 11.6 Å². The Morgan fingerprint density at radius 2 is 2.12 bits per heavy atom. The van der Waals surface area contributed by atoms with Gasteiger partial charge in [-0.3, -0.25) is 14.9 Å². The molecule has 1 unspecified atom stereocenters. The van der Waals surface area contributed by atoms with Crippen LogP contribution < -0.4 is 10.6 Å². The number of anilines is 1. The zero-order chi connectivity index (χ0) is 12.3. The van der Waals surface area contributed by atoms with Crippen LogP contribution in [-0.2, 0) is 15.5 Å². The van der Waals surface area contributed by atoms with Crippen molar-refractivity contribution in [2.24, 2.45) is 0 Å². The van der Waals surface area contributed by atoms with Crippen molar-refractivity contribution in [2.45, 2.75) is 24.8 Å². The van der Waals surface area contributed by atoms with Gasteiger partial charge in [-0.05, 0) is 6.42 Å². The van der Waals surface area contributed by atoms with E-state index in [0.29, 0.717) is 24.7 Å². The van der Waals surface area contributed by atoms with E-state index < -0.39 is 6.04 Å². The van der Waals surface area contributed by atoms with E-state index in [4.69, 9.17) is 11.6 Å². The average molecular weight is 255 g/mol. The lowest BCUT2D eigenvalue weighted by Gasteiger charge is -2.21.